The number of fused-ring (bicyclic) bond motifs is 1. The summed E-state index contributed by atoms with van der Waals surface area (Å²) in [6, 6.07) is 8.50. The third-order valence-corrected chi connectivity index (χ3v) is 3.70. The van der Waals surface area contributed by atoms with Crippen LogP contribution in [0.3, 0.4) is 0 Å². The van der Waals surface area contributed by atoms with Crippen LogP contribution in [0.2, 0.25) is 0 Å². The Morgan fingerprint density at radius 2 is 2.06 bits per heavy atom. The Bertz CT molecular complexity index is 484. The normalized spacial score (nSPS) is 12.2. The summed E-state index contributed by atoms with van der Waals surface area (Å²) in [5.41, 5.74) is 0.769. The number of thiophene rings is 1. The number of hydrogen-bond acceptors (Lipinski definition) is 3. The highest BCUT2D eigenvalue weighted by Gasteiger charge is 2.11. The van der Waals surface area contributed by atoms with Gasteiger partial charge in [0.2, 0.25) is 0 Å². The molecule has 0 unspecified atom stereocenters. The summed E-state index contributed by atoms with van der Waals surface area (Å²) in [6.45, 7) is 5.18. The van der Waals surface area contributed by atoms with Gasteiger partial charge < -0.3 is 10.4 Å². The van der Waals surface area contributed by atoms with Crippen molar-refractivity contribution in [2.75, 3.05) is 13.1 Å². The van der Waals surface area contributed by atoms with Crippen LogP contribution in [-0.4, -0.2) is 23.8 Å². The molecule has 0 fully saturated rings. The minimum Gasteiger partial charge on any atom is -0.389 e. The minimum absolute atomic E-state index is 0.628. The van der Waals surface area contributed by atoms with Crippen LogP contribution >= 0.6 is 11.3 Å². The van der Waals surface area contributed by atoms with Crippen LogP contribution in [0.1, 0.15) is 19.4 Å². The Kier molecular flexibility index (Phi) is 3.82. The quantitative estimate of drug-likeness (QED) is 0.799. The molecule has 0 aliphatic heterocycles. The summed E-state index contributed by atoms with van der Waals surface area (Å²) in [4.78, 5) is 0. The van der Waals surface area contributed by atoms with E-state index in [1.54, 1.807) is 11.3 Å². The van der Waals surface area contributed by atoms with Gasteiger partial charge in [-0.15, -0.1) is 11.3 Å². The summed E-state index contributed by atoms with van der Waals surface area (Å²) < 4.78 is 1.35. The molecule has 2 aromatic rings. The number of rotatable bonds is 5. The molecule has 0 bridgehead atoms. The van der Waals surface area contributed by atoms with Crippen LogP contribution in [0.25, 0.3) is 10.1 Å². The fourth-order valence-corrected chi connectivity index (χ4v) is 2.84. The second kappa shape index (κ2) is 5.17. The first-order valence-corrected chi connectivity index (χ1v) is 6.82. The third kappa shape index (κ3) is 3.53. The van der Waals surface area contributed by atoms with Gasteiger partial charge in [0, 0.05) is 11.2 Å². The molecule has 17 heavy (non-hydrogen) atoms. The lowest BCUT2D eigenvalue weighted by atomic mass is 10.1. The van der Waals surface area contributed by atoms with E-state index in [2.05, 4.69) is 35.0 Å². The van der Waals surface area contributed by atoms with E-state index in [1.807, 2.05) is 13.8 Å². The molecular weight excluding hydrogens is 230 g/mol. The summed E-state index contributed by atoms with van der Waals surface area (Å²) >= 11 is 1.80. The predicted molar refractivity (Wildman–Crippen MR) is 74.7 cm³/mol. The Balaban J connectivity index is 1.91. The van der Waals surface area contributed by atoms with E-state index < -0.39 is 5.60 Å². The highest BCUT2D eigenvalue weighted by molar-refractivity contribution is 7.17. The summed E-state index contributed by atoms with van der Waals surface area (Å²) in [5.74, 6) is 0. The fourth-order valence-electron chi connectivity index (χ4n) is 1.84. The maximum atomic E-state index is 9.59. The number of hydrogen-bond donors (Lipinski definition) is 2. The first-order chi connectivity index (χ1) is 8.06. The van der Waals surface area contributed by atoms with Crippen LogP contribution in [0.4, 0.5) is 0 Å². The minimum atomic E-state index is -0.628. The Morgan fingerprint density at radius 1 is 1.29 bits per heavy atom. The monoisotopic (exact) mass is 249 g/mol. The van der Waals surface area contributed by atoms with Crippen LogP contribution in [0, 0.1) is 0 Å². The van der Waals surface area contributed by atoms with Crippen molar-refractivity contribution in [1.82, 2.24) is 5.32 Å². The Labute approximate surface area is 106 Å². The summed E-state index contributed by atoms with van der Waals surface area (Å²) in [5, 5.41) is 16.5. The zero-order chi connectivity index (χ0) is 12.3. The lowest BCUT2D eigenvalue weighted by molar-refractivity contribution is 0.0801. The van der Waals surface area contributed by atoms with Crippen LogP contribution < -0.4 is 5.32 Å². The van der Waals surface area contributed by atoms with Gasteiger partial charge in [-0.1, -0.05) is 18.2 Å². The molecule has 0 amide bonds. The molecular formula is C14H19NOS. The van der Waals surface area contributed by atoms with E-state index in [0.717, 1.165) is 13.0 Å². The SMILES string of the molecule is CC(C)(O)CNCCc1csc2ccccc12. The first-order valence-electron chi connectivity index (χ1n) is 5.94. The van der Waals surface area contributed by atoms with Crippen LogP contribution in [0.5, 0.6) is 0 Å². The molecule has 3 heteroatoms. The van der Waals surface area contributed by atoms with E-state index in [1.165, 1.54) is 15.6 Å². The first kappa shape index (κ1) is 12.6. The van der Waals surface area contributed by atoms with E-state index >= 15 is 0 Å². The van der Waals surface area contributed by atoms with Crippen molar-refractivity contribution in [3.05, 3.63) is 35.2 Å². The average molecular weight is 249 g/mol. The maximum Gasteiger partial charge on any atom is 0.0715 e. The van der Waals surface area contributed by atoms with Crippen molar-refractivity contribution in [2.45, 2.75) is 25.9 Å². The Hall–Kier alpha value is -0.900. The molecule has 2 N–H and O–H groups in total. The van der Waals surface area contributed by atoms with Gasteiger partial charge in [-0.25, -0.2) is 0 Å². The maximum absolute atomic E-state index is 9.59. The summed E-state index contributed by atoms with van der Waals surface area (Å²) in [7, 11) is 0. The number of aliphatic hydroxyl groups is 1. The lowest BCUT2D eigenvalue weighted by Crippen LogP contribution is -2.35. The number of nitrogens with one attached hydrogen (secondary N) is 1. The fraction of sp³-hybridized carbons (Fsp3) is 0.429. The Morgan fingerprint density at radius 3 is 2.82 bits per heavy atom. The van der Waals surface area contributed by atoms with Gasteiger partial charge in [-0.2, -0.15) is 0 Å². The molecule has 0 spiro atoms. The predicted octanol–water partition coefficient (Wildman–Crippen LogP) is 2.80. The second-order valence-corrected chi connectivity index (χ2v) is 5.91. The molecule has 0 atom stereocenters. The number of benzene rings is 1. The molecule has 0 saturated carbocycles. The zero-order valence-corrected chi connectivity index (χ0v) is 11.2. The van der Waals surface area contributed by atoms with Gasteiger partial charge in [0.1, 0.15) is 0 Å². The van der Waals surface area contributed by atoms with Gasteiger partial charge in [0.05, 0.1) is 5.60 Å². The van der Waals surface area contributed by atoms with Gasteiger partial charge in [-0.3, -0.25) is 0 Å². The van der Waals surface area contributed by atoms with Crippen molar-refractivity contribution in [3.8, 4) is 0 Å². The third-order valence-electron chi connectivity index (χ3n) is 2.69. The molecule has 0 aliphatic carbocycles. The van der Waals surface area contributed by atoms with Gasteiger partial charge in [-0.05, 0) is 49.2 Å². The summed E-state index contributed by atoms with van der Waals surface area (Å²) in [6.07, 6.45) is 1.01. The molecule has 0 radical (unpaired) electrons. The van der Waals surface area contributed by atoms with Crippen molar-refractivity contribution in [2.24, 2.45) is 0 Å². The van der Waals surface area contributed by atoms with Gasteiger partial charge >= 0.3 is 0 Å². The molecule has 2 rings (SSSR count). The van der Waals surface area contributed by atoms with Crippen LogP contribution in [0.15, 0.2) is 29.6 Å². The van der Waals surface area contributed by atoms with Gasteiger partial charge in [0.25, 0.3) is 0 Å². The largest absolute Gasteiger partial charge is 0.389 e. The topological polar surface area (TPSA) is 32.3 Å². The average Bonchev–Trinajstić information content (AvgIpc) is 2.67. The smallest absolute Gasteiger partial charge is 0.0715 e. The van der Waals surface area contributed by atoms with Crippen molar-refractivity contribution in [3.63, 3.8) is 0 Å². The van der Waals surface area contributed by atoms with Crippen LogP contribution in [-0.2, 0) is 6.42 Å². The van der Waals surface area contributed by atoms with E-state index in [0.29, 0.717) is 6.54 Å². The van der Waals surface area contributed by atoms with Crippen molar-refractivity contribution >= 4 is 21.4 Å². The standard InChI is InChI=1S/C14H19NOS/c1-14(2,16)10-15-8-7-11-9-17-13-6-4-3-5-12(11)13/h3-6,9,15-16H,7-8,10H2,1-2H3. The van der Waals surface area contributed by atoms with Gasteiger partial charge in [0.15, 0.2) is 0 Å². The molecule has 0 saturated heterocycles. The molecule has 0 aliphatic rings. The van der Waals surface area contributed by atoms with Crippen molar-refractivity contribution < 1.29 is 5.11 Å². The second-order valence-electron chi connectivity index (χ2n) is 5.00. The van der Waals surface area contributed by atoms with E-state index in [4.69, 9.17) is 0 Å². The molecule has 1 aromatic heterocycles. The highest BCUT2D eigenvalue weighted by atomic mass is 32.1. The molecule has 1 heterocycles. The zero-order valence-electron chi connectivity index (χ0n) is 10.4. The highest BCUT2D eigenvalue weighted by Crippen LogP contribution is 2.25. The lowest BCUT2D eigenvalue weighted by Gasteiger charge is -2.17. The molecule has 92 valence electrons. The van der Waals surface area contributed by atoms with E-state index in [-0.39, 0.29) is 0 Å². The van der Waals surface area contributed by atoms with Crippen molar-refractivity contribution in [1.29, 1.82) is 0 Å². The van der Waals surface area contributed by atoms with E-state index in [9.17, 15) is 5.11 Å². The molecule has 2 nitrogen and oxygen atoms in total. The molecule has 1 aromatic carbocycles.